The van der Waals surface area contributed by atoms with Crippen molar-refractivity contribution in [2.75, 3.05) is 13.1 Å². The first-order chi connectivity index (χ1) is 12.9. The maximum atomic E-state index is 12.8. The first kappa shape index (κ1) is 17.6. The second-order valence-electron chi connectivity index (χ2n) is 6.57. The lowest BCUT2D eigenvalue weighted by Gasteiger charge is -2.30. The molecule has 27 heavy (non-hydrogen) atoms. The van der Waals surface area contributed by atoms with Gasteiger partial charge in [-0.2, -0.15) is 4.31 Å². The minimum atomic E-state index is -3.75. The number of nitro groups is 1. The zero-order valence-corrected chi connectivity index (χ0v) is 15.2. The van der Waals surface area contributed by atoms with E-state index in [1.807, 2.05) is 24.3 Å². The molecule has 8 nitrogen and oxygen atoms in total. The Morgan fingerprint density at radius 2 is 1.85 bits per heavy atom. The second-order valence-corrected chi connectivity index (χ2v) is 8.51. The molecule has 9 heteroatoms. The molecule has 0 atom stereocenters. The van der Waals surface area contributed by atoms with Gasteiger partial charge in [0.25, 0.3) is 5.69 Å². The van der Waals surface area contributed by atoms with E-state index >= 15 is 0 Å². The number of rotatable bonds is 4. The highest BCUT2D eigenvalue weighted by Gasteiger charge is 2.31. The summed E-state index contributed by atoms with van der Waals surface area (Å²) < 4.78 is 27.0. The first-order valence-electron chi connectivity index (χ1n) is 8.64. The number of piperidine rings is 1. The quantitative estimate of drug-likeness (QED) is 0.547. The SMILES string of the molecule is O=[N+]([O-])c1cccc(S(=O)(=O)N2CCC(c3nc4ccccc4[nH]3)CC2)c1. The lowest BCUT2D eigenvalue weighted by atomic mass is 9.97. The number of aromatic nitrogens is 2. The molecule has 1 saturated heterocycles. The van der Waals surface area contributed by atoms with Crippen molar-refractivity contribution in [2.24, 2.45) is 0 Å². The van der Waals surface area contributed by atoms with Crippen LogP contribution in [-0.4, -0.2) is 40.7 Å². The topological polar surface area (TPSA) is 109 Å². The fraction of sp³-hybridized carbons (Fsp3) is 0.278. The number of H-pyrrole nitrogens is 1. The smallest absolute Gasteiger partial charge is 0.270 e. The number of hydrogen-bond acceptors (Lipinski definition) is 5. The molecule has 0 aliphatic carbocycles. The predicted octanol–water partition coefficient (Wildman–Crippen LogP) is 3.04. The lowest BCUT2D eigenvalue weighted by molar-refractivity contribution is -0.385. The van der Waals surface area contributed by atoms with E-state index in [0.29, 0.717) is 25.9 Å². The molecule has 1 aliphatic heterocycles. The highest BCUT2D eigenvalue weighted by Crippen LogP contribution is 2.31. The average molecular weight is 386 g/mol. The van der Waals surface area contributed by atoms with Crippen LogP contribution in [0.1, 0.15) is 24.6 Å². The fourth-order valence-corrected chi connectivity index (χ4v) is 4.95. The molecule has 0 amide bonds. The van der Waals surface area contributed by atoms with Gasteiger partial charge in [-0.15, -0.1) is 0 Å². The van der Waals surface area contributed by atoms with E-state index in [9.17, 15) is 18.5 Å². The van der Waals surface area contributed by atoms with E-state index in [1.165, 1.54) is 22.5 Å². The molecule has 2 aromatic carbocycles. The van der Waals surface area contributed by atoms with Crippen LogP contribution >= 0.6 is 0 Å². The van der Waals surface area contributed by atoms with Gasteiger partial charge < -0.3 is 4.98 Å². The molecule has 3 aromatic rings. The zero-order valence-electron chi connectivity index (χ0n) is 14.4. The first-order valence-corrected chi connectivity index (χ1v) is 10.1. The van der Waals surface area contributed by atoms with Gasteiger partial charge in [0.15, 0.2) is 0 Å². The van der Waals surface area contributed by atoms with E-state index in [1.54, 1.807) is 0 Å². The molecule has 1 aliphatic rings. The molecule has 0 unspecified atom stereocenters. The van der Waals surface area contributed by atoms with Crippen molar-refractivity contribution in [1.82, 2.24) is 14.3 Å². The number of nitrogens with one attached hydrogen (secondary N) is 1. The van der Waals surface area contributed by atoms with Crippen molar-refractivity contribution in [1.29, 1.82) is 0 Å². The molecule has 140 valence electrons. The molecule has 0 bridgehead atoms. The molecule has 0 saturated carbocycles. The zero-order chi connectivity index (χ0) is 19.0. The maximum absolute atomic E-state index is 12.8. The second kappa shape index (κ2) is 6.75. The van der Waals surface area contributed by atoms with Gasteiger partial charge in [0, 0.05) is 31.1 Å². The molecule has 1 aromatic heterocycles. The Kier molecular flexibility index (Phi) is 4.40. The molecular weight excluding hydrogens is 368 g/mol. The van der Waals surface area contributed by atoms with Gasteiger partial charge in [-0.1, -0.05) is 18.2 Å². The van der Waals surface area contributed by atoms with Crippen molar-refractivity contribution in [3.8, 4) is 0 Å². The van der Waals surface area contributed by atoms with Crippen LogP contribution < -0.4 is 0 Å². The number of nitro benzene ring substituents is 1. The third kappa shape index (κ3) is 3.31. The molecule has 1 N–H and O–H groups in total. The molecule has 1 fully saturated rings. The summed E-state index contributed by atoms with van der Waals surface area (Å²) in [5.74, 6) is 1.04. The third-order valence-corrected chi connectivity index (χ3v) is 6.81. The van der Waals surface area contributed by atoms with Crippen LogP contribution in [0, 0.1) is 10.1 Å². The number of fused-ring (bicyclic) bond motifs is 1. The molecule has 4 rings (SSSR count). The molecular formula is C18H18N4O4S. The van der Waals surface area contributed by atoms with Crippen LogP contribution in [-0.2, 0) is 10.0 Å². The summed E-state index contributed by atoms with van der Waals surface area (Å²) in [6.45, 7) is 0.708. The van der Waals surface area contributed by atoms with Crippen molar-refractivity contribution in [3.63, 3.8) is 0 Å². The summed E-state index contributed by atoms with van der Waals surface area (Å²) in [7, 11) is -3.75. The number of aromatic amines is 1. The Hall–Kier alpha value is -2.78. The van der Waals surface area contributed by atoms with Crippen LogP contribution in [0.2, 0.25) is 0 Å². The van der Waals surface area contributed by atoms with Gasteiger partial charge in [0.05, 0.1) is 20.9 Å². The van der Waals surface area contributed by atoms with E-state index in [0.717, 1.165) is 22.9 Å². The minimum absolute atomic E-state index is 0.0427. The van der Waals surface area contributed by atoms with E-state index in [-0.39, 0.29) is 16.5 Å². The highest BCUT2D eigenvalue weighted by molar-refractivity contribution is 7.89. The third-order valence-electron chi connectivity index (χ3n) is 4.91. The van der Waals surface area contributed by atoms with Crippen molar-refractivity contribution < 1.29 is 13.3 Å². The number of non-ortho nitro benzene ring substituents is 1. The van der Waals surface area contributed by atoms with Crippen LogP contribution in [0.3, 0.4) is 0 Å². The van der Waals surface area contributed by atoms with Crippen LogP contribution in [0.15, 0.2) is 53.4 Å². The number of para-hydroxylation sites is 2. The summed E-state index contributed by atoms with van der Waals surface area (Å²) >= 11 is 0. The Labute approximate surface area is 156 Å². The summed E-state index contributed by atoms with van der Waals surface area (Å²) in [5.41, 5.74) is 1.64. The van der Waals surface area contributed by atoms with Gasteiger partial charge in [-0.3, -0.25) is 10.1 Å². The normalized spacial score (nSPS) is 16.6. The largest absolute Gasteiger partial charge is 0.342 e. The number of sulfonamides is 1. The monoisotopic (exact) mass is 386 g/mol. The lowest BCUT2D eigenvalue weighted by Crippen LogP contribution is -2.38. The van der Waals surface area contributed by atoms with Crippen LogP contribution in [0.25, 0.3) is 11.0 Å². The van der Waals surface area contributed by atoms with Crippen molar-refractivity contribution in [3.05, 3.63) is 64.5 Å². The minimum Gasteiger partial charge on any atom is -0.342 e. The van der Waals surface area contributed by atoms with Crippen LogP contribution in [0.4, 0.5) is 5.69 Å². The number of nitrogens with zero attached hydrogens (tertiary/aromatic N) is 3. The summed E-state index contributed by atoms with van der Waals surface area (Å²) in [4.78, 5) is 18.2. The predicted molar refractivity (Wildman–Crippen MR) is 99.9 cm³/mol. The Bertz CT molecular complexity index is 1070. The molecule has 0 spiro atoms. The number of benzene rings is 2. The van der Waals surface area contributed by atoms with Gasteiger partial charge in [-0.05, 0) is 31.0 Å². The fourth-order valence-electron chi connectivity index (χ4n) is 3.44. The standard InChI is InChI=1S/C18H18N4O4S/c23-22(24)14-4-3-5-15(12-14)27(25,26)21-10-8-13(9-11-21)18-19-16-6-1-2-7-17(16)20-18/h1-7,12-13H,8-11H2,(H,19,20). The Morgan fingerprint density at radius 1 is 1.11 bits per heavy atom. The van der Waals surface area contributed by atoms with Gasteiger partial charge >= 0.3 is 0 Å². The summed E-state index contributed by atoms with van der Waals surface area (Å²) in [6.07, 6.45) is 1.29. The van der Waals surface area contributed by atoms with Crippen LogP contribution in [0.5, 0.6) is 0 Å². The highest BCUT2D eigenvalue weighted by atomic mass is 32.2. The number of imidazole rings is 1. The summed E-state index contributed by atoms with van der Waals surface area (Å²) in [6, 6.07) is 13.0. The maximum Gasteiger partial charge on any atom is 0.270 e. The van der Waals surface area contributed by atoms with Gasteiger partial charge in [0.2, 0.25) is 10.0 Å². The van der Waals surface area contributed by atoms with E-state index < -0.39 is 14.9 Å². The van der Waals surface area contributed by atoms with Gasteiger partial charge in [-0.25, -0.2) is 13.4 Å². The Morgan fingerprint density at radius 3 is 2.56 bits per heavy atom. The van der Waals surface area contributed by atoms with Crippen molar-refractivity contribution >= 4 is 26.7 Å². The molecule has 2 heterocycles. The van der Waals surface area contributed by atoms with Crippen molar-refractivity contribution in [2.45, 2.75) is 23.7 Å². The molecule has 0 radical (unpaired) electrons. The number of hydrogen-bond donors (Lipinski definition) is 1. The van der Waals surface area contributed by atoms with Gasteiger partial charge in [0.1, 0.15) is 5.82 Å². The Balaban J connectivity index is 1.51. The van der Waals surface area contributed by atoms with E-state index in [2.05, 4.69) is 9.97 Å². The average Bonchev–Trinajstić information content (AvgIpc) is 3.12. The summed E-state index contributed by atoms with van der Waals surface area (Å²) in [5, 5.41) is 10.9. The van der Waals surface area contributed by atoms with E-state index in [4.69, 9.17) is 0 Å².